The lowest BCUT2D eigenvalue weighted by molar-refractivity contribution is 0.378. The largest absolute Gasteiger partial charge is 0.366 e. The van der Waals surface area contributed by atoms with E-state index in [-0.39, 0.29) is 0 Å². The molecule has 2 atom stereocenters. The van der Waals surface area contributed by atoms with Gasteiger partial charge in [-0.15, -0.1) is 0 Å². The lowest BCUT2D eigenvalue weighted by atomic mass is 9.93. The van der Waals surface area contributed by atoms with Gasteiger partial charge in [0.2, 0.25) is 0 Å². The molecular weight excluding hydrogens is 270 g/mol. The summed E-state index contributed by atoms with van der Waals surface area (Å²) >= 11 is 6.15. The van der Waals surface area contributed by atoms with Crippen LogP contribution in [0.2, 0.25) is 5.02 Å². The minimum absolute atomic E-state index is 0.497. The van der Waals surface area contributed by atoms with E-state index >= 15 is 0 Å². The number of nitrogens with one attached hydrogen (secondary N) is 1. The Morgan fingerprint density at radius 2 is 2.15 bits per heavy atom. The molecule has 0 saturated carbocycles. The van der Waals surface area contributed by atoms with Gasteiger partial charge >= 0.3 is 0 Å². The van der Waals surface area contributed by atoms with Gasteiger partial charge in [-0.1, -0.05) is 11.6 Å². The predicted molar refractivity (Wildman–Crippen MR) is 82.2 cm³/mol. The maximum Gasteiger partial charge on any atom is 0.101 e. The van der Waals surface area contributed by atoms with Crippen molar-refractivity contribution in [3.63, 3.8) is 0 Å². The summed E-state index contributed by atoms with van der Waals surface area (Å²) in [5, 5.41) is 13.7. The summed E-state index contributed by atoms with van der Waals surface area (Å²) in [6.07, 6.45) is 6.18. The molecule has 0 aliphatic carbocycles. The average molecular weight is 290 g/mol. The molecule has 2 fully saturated rings. The van der Waals surface area contributed by atoms with Crippen LogP contribution in [0.3, 0.4) is 0 Å². The van der Waals surface area contributed by atoms with Crippen molar-refractivity contribution < 1.29 is 0 Å². The molecule has 0 amide bonds. The van der Waals surface area contributed by atoms with Gasteiger partial charge in [0, 0.05) is 23.7 Å². The molecule has 1 aromatic rings. The Balaban J connectivity index is 1.93. The van der Waals surface area contributed by atoms with Crippen LogP contribution >= 0.6 is 11.6 Å². The molecule has 4 heteroatoms. The molecule has 0 aromatic heterocycles. The number of nitriles is 1. The molecule has 0 bridgehead atoms. The quantitative estimate of drug-likeness (QED) is 0.908. The second-order valence-electron chi connectivity index (χ2n) is 5.73. The maximum atomic E-state index is 9.36. The zero-order chi connectivity index (χ0) is 13.9. The summed E-state index contributed by atoms with van der Waals surface area (Å²) in [6, 6.07) is 8.96. The van der Waals surface area contributed by atoms with E-state index in [1.165, 1.54) is 32.1 Å². The minimum atomic E-state index is 0.497. The van der Waals surface area contributed by atoms with Crippen LogP contribution in [-0.2, 0) is 0 Å². The SMILES string of the molecule is N#Cc1ccc(Cl)cc1N1CCCCC1C1CCCN1. The number of piperidine rings is 1. The topological polar surface area (TPSA) is 39.1 Å². The monoisotopic (exact) mass is 289 g/mol. The van der Waals surface area contributed by atoms with E-state index < -0.39 is 0 Å². The first-order valence-electron chi connectivity index (χ1n) is 7.49. The fraction of sp³-hybridized carbons (Fsp3) is 0.562. The molecule has 2 saturated heterocycles. The summed E-state index contributed by atoms with van der Waals surface area (Å²) in [6.45, 7) is 2.15. The van der Waals surface area contributed by atoms with Crippen LogP contribution in [0, 0.1) is 11.3 Å². The standard InChI is InChI=1S/C16H20ClN3/c17-13-7-6-12(11-18)16(10-13)20-9-2-1-5-15(20)14-4-3-8-19-14/h6-7,10,14-15,19H,1-5,8-9H2. The third-order valence-corrected chi connectivity index (χ3v) is 4.74. The highest BCUT2D eigenvalue weighted by Crippen LogP contribution is 2.32. The first-order chi connectivity index (χ1) is 9.79. The van der Waals surface area contributed by atoms with Crippen LogP contribution in [0.5, 0.6) is 0 Å². The van der Waals surface area contributed by atoms with Crippen molar-refractivity contribution >= 4 is 17.3 Å². The number of anilines is 1. The highest BCUT2D eigenvalue weighted by molar-refractivity contribution is 6.30. The Labute approximate surface area is 125 Å². The fourth-order valence-corrected chi connectivity index (χ4v) is 3.72. The summed E-state index contributed by atoms with van der Waals surface area (Å²) in [5.41, 5.74) is 1.75. The van der Waals surface area contributed by atoms with Crippen LogP contribution in [0.15, 0.2) is 18.2 Å². The highest BCUT2D eigenvalue weighted by atomic mass is 35.5. The van der Waals surface area contributed by atoms with Gasteiger partial charge in [0.15, 0.2) is 0 Å². The van der Waals surface area contributed by atoms with E-state index in [0.29, 0.717) is 17.1 Å². The van der Waals surface area contributed by atoms with E-state index in [1.807, 2.05) is 12.1 Å². The van der Waals surface area contributed by atoms with E-state index in [2.05, 4.69) is 16.3 Å². The van der Waals surface area contributed by atoms with Crippen LogP contribution in [0.25, 0.3) is 0 Å². The minimum Gasteiger partial charge on any atom is -0.366 e. The molecule has 2 aliphatic rings. The molecule has 2 heterocycles. The number of rotatable bonds is 2. The van der Waals surface area contributed by atoms with Crippen molar-refractivity contribution in [3.05, 3.63) is 28.8 Å². The molecule has 106 valence electrons. The van der Waals surface area contributed by atoms with Gasteiger partial charge in [0.1, 0.15) is 6.07 Å². The van der Waals surface area contributed by atoms with Gasteiger partial charge in [0.25, 0.3) is 0 Å². The van der Waals surface area contributed by atoms with E-state index in [1.54, 1.807) is 6.07 Å². The van der Waals surface area contributed by atoms with E-state index in [0.717, 1.165) is 24.3 Å². The van der Waals surface area contributed by atoms with Gasteiger partial charge in [-0.3, -0.25) is 0 Å². The smallest absolute Gasteiger partial charge is 0.101 e. The van der Waals surface area contributed by atoms with Crippen LogP contribution in [0.4, 0.5) is 5.69 Å². The second kappa shape index (κ2) is 6.03. The van der Waals surface area contributed by atoms with Gasteiger partial charge in [0.05, 0.1) is 11.3 Å². The Morgan fingerprint density at radius 1 is 1.25 bits per heavy atom. The molecule has 3 nitrogen and oxygen atoms in total. The Hall–Kier alpha value is -1.24. The normalized spacial score (nSPS) is 26.5. The summed E-state index contributed by atoms with van der Waals surface area (Å²) < 4.78 is 0. The molecule has 2 aliphatic heterocycles. The zero-order valence-corrected chi connectivity index (χ0v) is 12.4. The first-order valence-corrected chi connectivity index (χ1v) is 7.87. The Morgan fingerprint density at radius 3 is 2.90 bits per heavy atom. The van der Waals surface area contributed by atoms with E-state index in [9.17, 15) is 5.26 Å². The van der Waals surface area contributed by atoms with Crippen molar-refractivity contribution in [2.75, 3.05) is 18.0 Å². The lowest BCUT2D eigenvalue weighted by Crippen LogP contribution is -2.50. The molecule has 3 rings (SSSR count). The van der Waals surface area contributed by atoms with Gasteiger partial charge in [-0.25, -0.2) is 0 Å². The summed E-state index contributed by atoms with van der Waals surface area (Å²) in [7, 11) is 0. The highest BCUT2D eigenvalue weighted by Gasteiger charge is 2.32. The predicted octanol–water partition coefficient (Wildman–Crippen LogP) is 3.32. The summed E-state index contributed by atoms with van der Waals surface area (Å²) in [5.74, 6) is 0. The van der Waals surface area contributed by atoms with Gasteiger partial charge in [-0.05, 0) is 56.8 Å². The molecule has 0 spiro atoms. The van der Waals surface area contributed by atoms with Gasteiger partial charge in [-0.2, -0.15) is 5.26 Å². The Kier molecular flexibility index (Phi) is 4.14. The average Bonchev–Trinajstić information content (AvgIpc) is 3.01. The number of nitrogens with zero attached hydrogens (tertiary/aromatic N) is 2. The van der Waals surface area contributed by atoms with Crippen LogP contribution < -0.4 is 10.2 Å². The molecule has 0 radical (unpaired) electrons. The third-order valence-electron chi connectivity index (χ3n) is 4.50. The first kappa shape index (κ1) is 13.7. The molecule has 2 unspecified atom stereocenters. The zero-order valence-electron chi connectivity index (χ0n) is 11.6. The Bertz CT molecular complexity index is 517. The van der Waals surface area contributed by atoms with Crippen LogP contribution in [-0.4, -0.2) is 25.2 Å². The number of benzene rings is 1. The van der Waals surface area contributed by atoms with Crippen LogP contribution in [0.1, 0.15) is 37.7 Å². The number of halogens is 1. The van der Waals surface area contributed by atoms with E-state index in [4.69, 9.17) is 11.6 Å². The van der Waals surface area contributed by atoms with Crippen molar-refractivity contribution in [3.8, 4) is 6.07 Å². The third kappa shape index (κ3) is 2.63. The number of hydrogen-bond acceptors (Lipinski definition) is 3. The molecule has 20 heavy (non-hydrogen) atoms. The maximum absolute atomic E-state index is 9.36. The van der Waals surface area contributed by atoms with Crippen molar-refractivity contribution in [2.24, 2.45) is 0 Å². The van der Waals surface area contributed by atoms with Gasteiger partial charge < -0.3 is 10.2 Å². The molecule has 1 aromatic carbocycles. The lowest BCUT2D eigenvalue weighted by Gasteiger charge is -2.41. The molecular formula is C16H20ClN3. The molecule has 1 N–H and O–H groups in total. The van der Waals surface area contributed by atoms with Crippen molar-refractivity contribution in [1.82, 2.24) is 5.32 Å². The summed E-state index contributed by atoms with van der Waals surface area (Å²) in [4.78, 5) is 2.41. The number of hydrogen-bond donors (Lipinski definition) is 1. The second-order valence-corrected chi connectivity index (χ2v) is 6.17. The fourth-order valence-electron chi connectivity index (χ4n) is 3.55. The van der Waals surface area contributed by atoms with Crippen molar-refractivity contribution in [2.45, 2.75) is 44.2 Å². The van der Waals surface area contributed by atoms with Crippen molar-refractivity contribution in [1.29, 1.82) is 5.26 Å².